The lowest BCUT2D eigenvalue weighted by Crippen LogP contribution is -2.27. The van der Waals surface area contributed by atoms with E-state index in [2.05, 4.69) is 0 Å². The fraction of sp³-hybridized carbons (Fsp3) is 0.500. The third-order valence-electron chi connectivity index (χ3n) is 3.82. The number of ether oxygens (including phenoxy) is 1. The maximum absolute atomic E-state index is 13.6. The molecule has 4 atom stereocenters. The fourth-order valence-electron chi connectivity index (χ4n) is 2.61. The van der Waals surface area contributed by atoms with Crippen molar-refractivity contribution in [3.8, 4) is 0 Å². The number of carbonyl (C=O) groups excluding carboxylic acids is 1. The highest BCUT2D eigenvalue weighted by atomic mass is 19.2. The average Bonchev–Trinajstić information content (AvgIpc) is 2.57. The number of benzene rings is 1. The first kappa shape index (κ1) is 14.1. The molecule has 5 heteroatoms. The minimum atomic E-state index is -1.30. The third kappa shape index (κ3) is 2.39. The van der Waals surface area contributed by atoms with E-state index in [0.29, 0.717) is 12.1 Å². The van der Waals surface area contributed by atoms with Crippen molar-refractivity contribution >= 4 is 5.78 Å². The number of hydrogen-bond donors (Lipinski definition) is 0. The molecule has 1 aliphatic rings. The highest BCUT2D eigenvalue weighted by molar-refractivity contribution is 5.98. The van der Waals surface area contributed by atoms with Gasteiger partial charge in [-0.15, -0.1) is 0 Å². The molecule has 1 aromatic carbocycles. The molecule has 2 nitrogen and oxygen atoms in total. The van der Waals surface area contributed by atoms with Gasteiger partial charge >= 0.3 is 0 Å². The molecule has 0 N–H and O–H groups in total. The van der Waals surface area contributed by atoms with Gasteiger partial charge in [-0.05, 0) is 25.8 Å². The van der Waals surface area contributed by atoms with Gasteiger partial charge in [-0.2, -0.15) is 0 Å². The first-order valence-electron chi connectivity index (χ1n) is 6.17. The van der Waals surface area contributed by atoms with Gasteiger partial charge in [0.15, 0.2) is 17.4 Å². The minimum Gasteiger partial charge on any atom is -0.374 e. The molecule has 0 amide bonds. The van der Waals surface area contributed by atoms with Crippen LogP contribution in [0.3, 0.4) is 0 Å². The van der Waals surface area contributed by atoms with Crippen LogP contribution in [0.25, 0.3) is 0 Å². The van der Waals surface area contributed by atoms with Gasteiger partial charge in [0, 0.05) is 6.07 Å². The lowest BCUT2D eigenvalue weighted by molar-refractivity contribution is 0.0490. The van der Waals surface area contributed by atoms with Crippen molar-refractivity contribution in [2.75, 3.05) is 0 Å². The molecule has 104 valence electrons. The minimum absolute atomic E-state index is 0.102. The average molecular weight is 272 g/mol. The molecule has 1 heterocycles. The topological polar surface area (TPSA) is 26.3 Å². The quantitative estimate of drug-likeness (QED) is 0.609. The Morgan fingerprint density at radius 2 is 1.58 bits per heavy atom. The zero-order chi connectivity index (χ0) is 14.3. The predicted octanol–water partition coefficient (Wildman–Crippen LogP) is 3.35. The van der Waals surface area contributed by atoms with Crippen molar-refractivity contribution in [1.29, 1.82) is 0 Å². The van der Waals surface area contributed by atoms with Crippen molar-refractivity contribution in [3.63, 3.8) is 0 Å². The molecule has 0 radical (unpaired) electrons. The van der Waals surface area contributed by atoms with E-state index in [1.807, 2.05) is 13.8 Å². The number of halogens is 3. The Kier molecular flexibility index (Phi) is 3.67. The highest BCUT2D eigenvalue weighted by Gasteiger charge is 2.42. The second-order valence-corrected chi connectivity index (χ2v) is 5.04. The van der Waals surface area contributed by atoms with Crippen LogP contribution in [-0.4, -0.2) is 18.0 Å². The van der Waals surface area contributed by atoms with E-state index in [-0.39, 0.29) is 18.1 Å². The van der Waals surface area contributed by atoms with E-state index in [1.54, 1.807) is 6.92 Å². The summed E-state index contributed by atoms with van der Waals surface area (Å²) in [6.45, 7) is 5.38. The molecular weight excluding hydrogens is 257 g/mol. The molecule has 1 saturated heterocycles. The maximum atomic E-state index is 13.6. The number of rotatable bonds is 2. The van der Waals surface area contributed by atoms with Crippen molar-refractivity contribution in [2.24, 2.45) is 11.8 Å². The van der Waals surface area contributed by atoms with Crippen LogP contribution >= 0.6 is 0 Å². The van der Waals surface area contributed by atoms with Crippen LogP contribution < -0.4 is 0 Å². The van der Waals surface area contributed by atoms with Crippen LogP contribution in [0.15, 0.2) is 12.1 Å². The monoisotopic (exact) mass is 272 g/mol. The van der Waals surface area contributed by atoms with Gasteiger partial charge < -0.3 is 4.74 Å². The molecule has 1 aliphatic heterocycles. The van der Waals surface area contributed by atoms with E-state index in [9.17, 15) is 18.0 Å². The first-order chi connectivity index (χ1) is 8.82. The normalized spacial score (nSPS) is 30.6. The smallest absolute Gasteiger partial charge is 0.171 e. The predicted molar refractivity (Wildman–Crippen MR) is 63.3 cm³/mol. The molecular formula is C14H15F3O2. The largest absolute Gasteiger partial charge is 0.374 e. The molecule has 1 fully saturated rings. The zero-order valence-corrected chi connectivity index (χ0v) is 10.9. The van der Waals surface area contributed by atoms with Gasteiger partial charge in [0.25, 0.3) is 0 Å². The van der Waals surface area contributed by atoms with Crippen molar-refractivity contribution in [3.05, 3.63) is 35.1 Å². The summed E-state index contributed by atoms with van der Waals surface area (Å²) >= 11 is 0. The van der Waals surface area contributed by atoms with Crippen LogP contribution in [0.1, 0.15) is 31.1 Å². The van der Waals surface area contributed by atoms with Crippen LogP contribution in [0, 0.1) is 29.3 Å². The standard InChI is InChI=1S/C14H15F3O2/c1-6-7(2)19-8(3)13(6)14(18)9-4-11(16)12(17)5-10(9)15/h4-8,13H,1-3H3. The molecule has 2 rings (SSSR count). The lowest BCUT2D eigenvalue weighted by Gasteiger charge is -2.17. The number of ketones is 1. The van der Waals surface area contributed by atoms with Gasteiger partial charge in [0.2, 0.25) is 0 Å². The van der Waals surface area contributed by atoms with Crippen LogP contribution in [0.4, 0.5) is 13.2 Å². The molecule has 0 aromatic heterocycles. The molecule has 19 heavy (non-hydrogen) atoms. The zero-order valence-electron chi connectivity index (χ0n) is 10.9. The summed E-state index contributed by atoms with van der Waals surface area (Å²) in [6, 6.07) is 1.02. The van der Waals surface area contributed by atoms with E-state index < -0.39 is 34.7 Å². The van der Waals surface area contributed by atoms with E-state index in [0.717, 1.165) is 0 Å². The summed E-state index contributed by atoms with van der Waals surface area (Å²) in [5.74, 6) is -4.75. The summed E-state index contributed by atoms with van der Waals surface area (Å²) in [7, 11) is 0. The van der Waals surface area contributed by atoms with Gasteiger partial charge in [0.1, 0.15) is 5.82 Å². The molecule has 0 saturated carbocycles. The van der Waals surface area contributed by atoms with Crippen molar-refractivity contribution in [2.45, 2.75) is 33.0 Å². The summed E-state index contributed by atoms with van der Waals surface area (Å²) in [5.41, 5.74) is -0.416. The van der Waals surface area contributed by atoms with Crippen LogP contribution in [-0.2, 0) is 4.74 Å². The van der Waals surface area contributed by atoms with Gasteiger partial charge in [-0.25, -0.2) is 13.2 Å². The number of carbonyl (C=O) groups is 1. The molecule has 1 aromatic rings. The van der Waals surface area contributed by atoms with Gasteiger partial charge in [0.05, 0.1) is 23.7 Å². The maximum Gasteiger partial charge on any atom is 0.171 e. The Hall–Kier alpha value is -1.36. The third-order valence-corrected chi connectivity index (χ3v) is 3.82. The number of hydrogen-bond acceptors (Lipinski definition) is 2. The Bertz CT molecular complexity index is 516. The van der Waals surface area contributed by atoms with Crippen molar-refractivity contribution in [1.82, 2.24) is 0 Å². The van der Waals surface area contributed by atoms with Gasteiger partial charge in [-0.3, -0.25) is 4.79 Å². The highest BCUT2D eigenvalue weighted by Crippen LogP contribution is 2.35. The second-order valence-electron chi connectivity index (χ2n) is 5.04. The van der Waals surface area contributed by atoms with E-state index in [4.69, 9.17) is 4.74 Å². The Morgan fingerprint density at radius 1 is 1.00 bits per heavy atom. The Morgan fingerprint density at radius 3 is 2.11 bits per heavy atom. The first-order valence-corrected chi connectivity index (χ1v) is 6.17. The molecule has 4 unspecified atom stereocenters. The second kappa shape index (κ2) is 4.96. The molecule has 0 spiro atoms. The lowest BCUT2D eigenvalue weighted by atomic mass is 9.83. The summed E-state index contributed by atoms with van der Waals surface area (Å²) < 4.78 is 45.1. The van der Waals surface area contributed by atoms with Crippen LogP contribution in [0.2, 0.25) is 0 Å². The number of Topliss-reactive ketones (excluding diaryl/α,β-unsaturated/α-hetero) is 1. The molecule has 0 bridgehead atoms. The van der Waals surface area contributed by atoms with E-state index in [1.165, 1.54) is 0 Å². The van der Waals surface area contributed by atoms with Gasteiger partial charge in [-0.1, -0.05) is 6.92 Å². The fourth-order valence-corrected chi connectivity index (χ4v) is 2.61. The van der Waals surface area contributed by atoms with Crippen molar-refractivity contribution < 1.29 is 22.7 Å². The Labute approximate surface area is 109 Å². The Balaban J connectivity index is 2.37. The summed E-state index contributed by atoms with van der Waals surface area (Å²) in [6.07, 6.45) is -0.498. The molecule has 0 aliphatic carbocycles. The van der Waals surface area contributed by atoms with E-state index >= 15 is 0 Å². The van der Waals surface area contributed by atoms with Crippen LogP contribution in [0.5, 0.6) is 0 Å². The summed E-state index contributed by atoms with van der Waals surface area (Å²) in [4.78, 5) is 12.3. The summed E-state index contributed by atoms with van der Waals surface area (Å²) in [5, 5.41) is 0. The SMILES string of the molecule is CC1OC(C)C(C(=O)c2cc(F)c(F)cc2F)C1C.